The second-order valence-corrected chi connectivity index (χ2v) is 6.75. The van der Waals surface area contributed by atoms with E-state index >= 15 is 0 Å². The minimum Gasteiger partial charge on any atom is -0.486 e. The molecule has 0 saturated heterocycles. The summed E-state index contributed by atoms with van der Waals surface area (Å²) in [5.41, 5.74) is 1.62. The van der Waals surface area contributed by atoms with Crippen molar-refractivity contribution in [2.24, 2.45) is 0 Å². The molecule has 2 aromatic carbocycles. The third kappa shape index (κ3) is 3.37. The van der Waals surface area contributed by atoms with E-state index < -0.39 is 0 Å². The van der Waals surface area contributed by atoms with Crippen molar-refractivity contribution in [3.05, 3.63) is 58.6 Å². The molecule has 4 rings (SSSR count). The van der Waals surface area contributed by atoms with Crippen LogP contribution in [-0.4, -0.2) is 19.2 Å². The smallest absolute Gasteiger partial charge is 0.315 e. The van der Waals surface area contributed by atoms with Crippen LogP contribution in [0.3, 0.4) is 0 Å². The lowest BCUT2D eigenvalue weighted by Gasteiger charge is -2.23. The van der Waals surface area contributed by atoms with Gasteiger partial charge in [0.2, 0.25) is 0 Å². The summed E-state index contributed by atoms with van der Waals surface area (Å²) in [4.78, 5) is 12.3. The van der Waals surface area contributed by atoms with Crippen molar-refractivity contribution in [1.82, 2.24) is 10.6 Å². The molecule has 5 nitrogen and oxygen atoms in total. The van der Waals surface area contributed by atoms with Crippen LogP contribution in [0.2, 0.25) is 5.02 Å². The number of fused-ring (bicyclic) bond motifs is 1. The quantitative estimate of drug-likeness (QED) is 0.878. The first-order valence-corrected chi connectivity index (χ1v) is 8.74. The highest BCUT2D eigenvalue weighted by Crippen LogP contribution is 2.47. The van der Waals surface area contributed by atoms with Crippen molar-refractivity contribution in [2.45, 2.75) is 24.9 Å². The maximum Gasteiger partial charge on any atom is 0.315 e. The van der Waals surface area contributed by atoms with Gasteiger partial charge in [-0.3, -0.25) is 0 Å². The molecule has 130 valence electrons. The van der Waals surface area contributed by atoms with Gasteiger partial charge in [0.15, 0.2) is 11.5 Å². The topological polar surface area (TPSA) is 59.6 Å². The molecule has 2 amide bonds. The van der Waals surface area contributed by atoms with Crippen LogP contribution in [0.1, 0.15) is 24.0 Å². The Bertz CT molecular complexity index is 805. The Morgan fingerprint density at radius 3 is 2.60 bits per heavy atom. The summed E-state index contributed by atoms with van der Waals surface area (Å²) in [5, 5.41) is 6.62. The molecule has 1 aliphatic carbocycles. The molecule has 0 bridgehead atoms. The molecule has 2 aromatic rings. The maximum absolute atomic E-state index is 12.3. The van der Waals surface area contributed by atoms with Crippen molar-refractivity contribution in [3.8, 4) is 11.5 Å². The van der Waals surface area contributed by atoms with Crippen LogP contribution in [-0.2, 0) is 12.1 Å². The van der Waals surface area contributed by atoms with Gasteiger partial charge in [-0.25, -0.2) is 4.79 Å². The zero-order valence-corrected chi connectivity index (χ0v) is 14.4. The number of rotatable bonds is 4. The average molecular weight is 359 g/mol. The summed E-state index contributed by atoms with van der Waals surface area (Å²) in [6, 6.07) is 13.2. The second kappa shape index (κ2) is 6.48. The molecule has 1 fully saturated rings. The molecule has 1 saturated carbocycles. The van der Waals surface area contributed by atoms with Gasteiger partial charge in [0, 0.05) is 11.6 Å². The summed E-state index contributed by atoms with van der Waals surface area (Å²) < 4.78 is 11.2. The van der Waals surface area contributed by atoms with Gasteiger partial charge >= 0.3 is 6.03 Å². The van der Waals surface area contributed by atoms with Gasteiger partial charge in [-0.15, -0.1) is 0 Å². The molecule has 6 heteroatoms. The zero-order chi connectivity index (χ0) is 17.3. The van der Waals surface area contributed by atoms with Crippen molar-refractivity contribution >= 4 is 17.6 Å². The predicted molar refractivity (Wildman–Crippen MR) is 95.2 cm³/mol. The van der Waals surface area contributed by atoms with E-state index in [0.717, 1.165) is 35.5 Å². The largest absolute Gasteiger partial charge is 0.486 e. The van der Waals surface area contributed by atoms with Gasteiger partial charge in [-0.1, -0.05) is 35.9 Å². The van der Waals surface area contributed by atoms with E-state index in [1.54, 1.807) is 0 Å². The van der Waals surface area contributed by atoms with Crippen molar-refractivity contribution in [2.75, 3.05) is 13.2 Å². The third-order valence-corrected chi connectivity index (χ3v) is 4.96. The number of hydrogen-bond acceptors (Lipinski definition) is 3. The highest BCUT2D eigenvalue weighted by Gasteiger charge is 2.46. The molecular formula is C19H19ClN2O3. The Labute approximate surface area is 151 Å². The zero-order valence-electron chi connectivity index (χ0n) is 13.7. The van der Waals surface area contributed by atoms with Crippen molar-refractivity contribution in [1.29, 1.82) is 0 Å². The molecule has 0 aromatic heterocycles. The van der Waals surface area contributed by atoms with E-state index in [2.05, 4.69) is 10.6 Å². The summed E-state index contributed by atoms with van der Waals surface area (Å²) in [6.07, 6.45) is 1.82. The van der Waals surface area contributed by atoms with Gasteiger partial charge in [-0.2, -0.15) is 0 Å². The first-order chi connectivity index (χ1) is 12.2. The van der Waals surface area contributed by atoms with E-state index in [1.165, 1.54) is 0 Å². The number of nitrogens with one attached hydrogen (secondary N) is 2. The fourth-order valence-corrected chi connectivity index (χ4v) is 3.23. The molecular weight excluding hydrogens is 340 g/mol. The van der Waals surface area contributed by atoms with Gasteiger partial charge in [0.1, 0.15) is 13.2 Å². The summed E-state index contributed by atoms with van der Waals surface area (Å²) in [7, 11) is 0. The fourth-order valence-electron chi connectivity index (χ4n) is 3.03. The molecule has 25 heavy (non-hydrogen) atoms. The van der Waals surface area contributed by atoms with Crippen LogP contribution >= 0.6 is 11.6 Å². The predicted octanol–water partition coefficient (Wildman–Crippen LogP) is 3.60. The molecule has 0 unspecified atom stereocenters. The lowest BCUT2D eigenvalue weighted by atomic mass is 10.0. The average Bonchev–Trinajstić information content (AvgIpc) is 3.41. The number of hydrogen-bond donors (Lipinski definition) is 2. The van der Waals surface area contributed by atoms with Crippen LogP contribution in [0.25, 0.3) is 0 Å². The van der Waals surface area contributed by atoms with E-state index in [0.29, 0.717) is 24.8 Å². The Morgan fingerprint density at radius 1 is 1.08 bits per heavy atom. The summed E-state index contributed by atoms with van der Waals surface area (Å²) in [5.74, 6) is 1.50. The van der Waals surface area contributed by atoms with Gasteiger partial charge in [-0.05, 0) is 42.2 Å². The summed E-state index contributed by atoms with van der Waals surface area (Å²) >= 11 is 6.12. The van der Waals surface area contributed by atoms with Gasteiger partial charge in [0.25, 0.3) is 0 Å². The molecule has 1 aliphatic heterocycles. The number of benzene rings is 2. The van der Waals surface area contributed by atoms with E-state index in [1.807, 2.05) is 42.5 Å². The Balaban J connectivity index is 1.41. The lowest BCUT2D eigenvalue weighted by Crippen LogP contribution is -2.42. The Morgan fingerprint density at radius 2 is 1.84 bits per heavy atom. The molecule has 0 atom stereocenters. The van der Waals surface area contributed by atoms with E-state index in [4.69, 9.17) is 21.1 Å². The SMILES string of the molecule is O=C(NCc1ccccc1Cl)NC1(c2ccc3c(c2)OCCO3)CC1. The minimum absolute atomic E-state index is 0.202. The first-order valence-electron chi connectivity index (χ1n) is 8.36. The fraction of sp³-hybridized carbons (Fsp3) is 0.316. The van der Waals surface area contributed by atoms with E-state index in [-0.39, 0.29) is 11.6 Å². The molecule has 2 N–H and O–H groups in total. The van der Waals surface area contributed by atoms with Crippen LogP contribution in [0.15, 0.2) is 42.5 Å². The second-order valence-electron chi connectivity index (χ2n) is 6.34. The highest BCUT2D eigenvalue weighted by molar-refractivity contribution is 6.31. The monoisotopic (exact) mass is 358 g/mol. The van der Waals surface area contributed by atoms with Gasteiger partial charge < -0.3 is 20.1 Å². The van der Waals surface area contributed by atoms with Crippen LogP contribution in [0.5, 0.6) is 11.5 Å². The maximum atomic E-state index is 12.3. The molecule has 1 heterocycles. The van der Waals surface area contributed by atoms with Crippen LogP contribution < -0.4 is 20.1 Å². The van der Waals surface area contributed by atoms with Crippen molar-refractivity contribution in [3.63, 3.8) is 0 Å². The van der Waals surface area contributed by atoms with Crippen LogP contribution in [0, 0.1) is 0 Å². The number of carbonyl (C=O) groups excluding carboxylic acids is 1. The number of urea groups is 1. The molecule has 0 radical (unpaired) electrons. The number of halogens is 1. The normalized spacial score (nSPS) is 16.8. The first kappa shape index (κ1) is 16.1. The number of ether oxygens (including phenoxy) is 2. The molecule has 2 aliphatic rings. The summed E-state index contributed by atoms with van der Waals surface area (Å²) in [6.45, 7) is 1.51. The lowest BCUT2D eigenvalue weighted by molar-refractivity contribution is 0.171. The minimum atomic E-state index is -0.319. The number of carbonyl (C=O) groups is 1. The standard InChI is InChI=1S/C19H19ClN2O3/c20-15-4-2-1-3-13(15)12-21-18(23)22-19(7-8-19)14-5-6-16-17(11-14)25-10-9-24-16/h1-6,11H,7-10,12H2,(H2,21,22,23). The highest BCUT2D eigenvalue weighted by atomic mass is 35.5. The Hall–Kier alpha value is -2.40. The molecule has 0 spiro atoms. The van der Waals surface area contributed by atoms with E-state index in [9.17, 15) is 4.79 Å². The Kier molecular flexibility index (Phi) is 4.17. The third-order valence-electron chi connectivity index (χ3n) is 4.59. The van der Waals surface area contributed by atoms with Crippen molar-refractivity contribution < 1.29 is 14.3 Å². The van der Waals surface area contributed by atoms with Crippen LogP contribution in [0.4, 0.5) is 4.79 Å². The number of amides is 2. The van der Waals surface area contributed by atoms with Gasteiger partial charge in [0.05, 0.1) is 5.54 Å².